The third-order valence-corrected chi connectivity index (χ3v) is 9.17. The van der Waals surface area contributed by atoms with E-state index in [1.165, 1.54) is 4.57 Å². The second-order valence-electron chi connectivity index (χ2n) is 12.4. The molecule has 0 bridgehead atoms. The van der Waals surface area contributed by atoms with Crippen LogP contribution in [-0.2, 0) is 0 Å². The number of hydrogen-bond acceptors (Lipinski definition) is 3. The van der Waals surface area contributed by atoms with Crippen LogP contribution in [0.5, 0.6) is 0 Å². The Morgan fingerprint density at radius 2 is 1.00 bits per heavy atom. The monoisotopic (exact) mass is 688 g/mol. The van der Waals surface area contributed by atoms with Crippen molar-refractivity contribution in [2.45, 2.75) is 0 Å². The molecule has 0 aliphatic carbocycles. The summed E-state index contributed by atoms with van der Waals surface area (Å²) in [6.45, 7) is 0. The van der Waals surface area contributed by atoms with Gasteiger partial charge < -0.3 is 4.57 Å². The van der Waals surface area contributed by atoms with Crippen LogP contribution in [0.3, 0.4) is 0 Å². The van der Waals surface area contributed by atoms with E-state index in [2.05, 4.69) is 0 Å². The predicted molar refractivity (Wildman–Crippen MR) is 219 cm³/mol. The molecule has 0 N–H and O–H groups in total. The van der Waals surface area contributed by atoms with Gasteiger partial charge in [0.05, 0.1) is 33.2 Å². The van der Waals surface area contributed by atoms with Crippen LogP contribution in [0.1, 0.15) is 16.4 Å². The van der Waals surface area contributed by atoms with E-state index in [-0.39, 0.29) is 33.3 Å². The molecule has 8 aromatic carbocycles. The SMILES string of the molecule is [2H]c1c([2H])c([2H])c(-c2c([2H])c([2H])c3c(c2[2H])c2c([2H])c([2H])c([2H])c([2H])c2n3-c2ccc(-c3ccc4ccccc4c3)cc2-c2nc(-c3ccccc3)nc(-c3ccccc3)n2)c([2H])c1[2H]. The Labute approximate surface area is 324 Å². The molecule has 53 heavy (non-hydrogen) atoms. The molecule has 10 rings (SSSR count). The summed E-state index contributed by atoms with van der Waals surface area (Å²) < 4.78 is 109. The average molecular weight is 689 g/mol. The highest BCUT2D eigenvalue weighted by atomic mass is 15.1. The van der Waals surface area contributed by atoms with Gasteiger partial charge in [0.15, 0.2) is 17.5 Å². The molecule has 0 saturated carbocycles. The highest BCUT2D eigenvalue weighted by Gasteiger charge is 2.21. The first kappa shape index (κ1) is 20.6. The summed E-state index contributed by atoms with van der Waals surface area (Å²) in [6, 6.07) is 30.6. The summed E-state index contributed by atoms with van der Waals surface area (Å²) in [5.41, 5.74) is 2.37. The number of hydrogen-bond donors (Lipinski definition) is 0. The Hall–Kier alpha value is -7.17. The van der Waals surface area contributed by atoms with E-state index in [9.17, 15) is 6.85 Å². The molecule has 0 aliphatic heterocycles. The van der Waals surface area contributed by atoms with Gasteiger partial charge in [0.2, 0.25) is 0 Å². The lowest BCUT2D eigenvalue weighted by molar-refractivity contribution is 1.06. The van der Waals surface area contributed by atoms with E-state index in [4.69, 9.17) is 24.5 Å². The summed E-state index contributed by atoms with van der Waals surface area (Å²) >= 11 is 0. The summed E-state index contributed by atoms with van der Waals surface area (Å²) in [7, 11) is 0. The molecule has 2 aromatic heterocycles. The largest absolute Gasteiger partial charge is 0.309 e. The molecule has 0 atom stereocenters. The number of rotatable bonds is 6. The standard InChI is InChI=1S/C49H32N4/c1-4-14-33(15-5-1)39-26-28-45-42(31-39)41-22-12-13-23-44(41)53(45)46-29-27-40(38-25-24-34-16-10-11-21-37(34)30-38)32-43(46)49-51-47(35-17-6-2-7-18-35)50-48(52-49)36-19-8-3-9-20-36/h1-32H/i1D,4D,5D,12D,13D,14D,15D,22D,23D,26D,28D,31D. The van der Waals surface area contributed by atoms with Gasteiger partial charge in [-0.1, -0.05) is 158 Å². The van der Waals surface area contributed by atoms with Crippen LogP contribution < -0.4 is 0 Å². The van der Waals surface area contributed by atoms with E-state index in [0.29, 0.717) is 28.3 Å². The molecule has 0 amide bonds. The maximum Gasteiger partial charge on any atom is 0.166 e. The summed E-state index contributed by atoms with van der Waals surface area (Å²) in [6.07, 6.45) is 0. The van der Waals surface area contributed by atoms with E-state index < -0.39 is 83.6 Å². The number of fused-ring (bicyclic) bond motifs is 4. The van der Waals surface area contributed by atoms with Crippen molar-refractivity contribution in [3.63, 3.8) is 0 Å². The minimum Gasteiger partial charge on any atom is -0.309 e. The average Bonchev–Trinajstić information content (AvgIpc) is 3.71. The topological polar surface area (TPSA) is 43.6 Å². The highest BCUT2D eigenvalue weighted by molar-refractivity contribution is 6.11. The molecule has 0 saturated heterocycles. The third-order valence-electron chi connectivity index (χ3n) is 9.17. The van der Waals surface area contributed by atoms with Gasteiger partial charge in [-0.15, -0.1) is 0 Å². The Kier molecular flexibility index (Phi) is 5.00. The lowest BCUT2D eigenvalue weighted by Gasteiger charge is -2.16. The normalized spacial score (nSPS) is 14.6. The van der Waals surface area contributed by atoms with Crippen LogP contribution in [0.2, 0.25) is 0 Å². The molecule has 248 valence electrons. The van der Waals surface area contributed by atoms with Crippen LogP contribution in [0.15, 0.2) is 194 Å². The van der Waals surface area contributed by atoms with Crippen LogP contribution in [0, 0.1) is 0 Å². The molecular weight excluding hydrogens is 645 g/mol. The van der Waals surface area contributed by atoms with Crippen LogP contribution >= 0.6 is 0 Å². The Morgan fingerprint density at radius 3 is 1.75 bits per heavy atom. The van der Waals surface area contributed by atoms with E-state index >= 15 is 0 Å². The lowest BCUT2D eigenvalue weighted by atomic mass is 9.98. The van der Waals surface area contributed by atoms with E-state index in [1.54, 1.807) is 6.07 Å². The number of nitrogens with zero attached hydrogens (tertiary/aromatic N) is 4. The second kappa shape index (κ2) is 12.9. The van der Waals surface area contributed by atoms with Crippen molar-refractivity contribution in [1.82, 2.24) is 19.5 Å². The maximum atomic E-state index is 9.69. The summed E-state index contributed by atoms with van der Waals surface area (Å²) in [4.78, 5) is 15.0. The van der Waals surface area contributed by atoms with Gasteiger partial charge in [-0.2, -0.15) is 0 Å². The van der Waals surface area contributed by atoms with E-state index in [0.717, 1.165) is 21.9 Å². The third kappa shape index (κ3) is 5.54. The molecule has 4 nitrogen and oxygen atoms in total. The van der Waals surface area contributed by atoms with Crippen molar-refractivity contribution in [1.29, 1.82) is 0 Å². The van der Waals surface area contributed by atoms with Crippen molar-refractivity contribution < 1.29 is 16.4 Å². The maximum absolute atomic E-state index is 9.69. The fraction of sp³-hybridized carbons (Fsp3) is 0. The second-order valence-corrected chi connectivity index (χ2v) is 12.4. The van der Waals surface area contributed by atoms with Crippen LogP contribution in [-0.4, -0.2) is 19.5 Å². The molecule has 0 unspecified atom stereocenters. The molecule has 4 heteroatoms. The van der Waals surface area contributed by atoms with Crippen molar-refractivity contribution in [2.75, 3.05) is 0 Å². The fourth-order valence-corrected chi connectivity index (χ4v) is 6.64. The van der Waals surface area contributed by atoms with Gasteiger partial charge in [0.25, 0.3) is 0 Å². The molecule has 0 spiro atoms. The van der Waals surface area contributed by atoms with Crippen LogP contribution in [0.4, 0.5) is 0 Å². The molecule has 10 aromatic rings. The van der Waals surface area contributed by atoms with Crippen LogP contribution in [0.25, 0.3) is 94.7 Å². The first-order valence-corrected chi connectivity index (χ1v) is 16.9. The molecular formula is C49H32N4. The Morgan fingerprint density at radius 1 is 0.396 bits per heavy atom. The van der Waals surface area contributed by atoms with Gasteiger partial charge >= 0.3 is 0 Å². The first-order valence-electron chi connectivity index (χ1n) is 22.9. The van der Waals surface area contributed by atoms with E-state index in [1.807, 2.05) is 115 Å². The summed E-state index contributed by atoms with van der Waals surface area (Å²) in [5.74, 6) is 0.852. The van der Waals surface area contributed by atoms with Crippen molar-refractivity contribution in [3.8, 4) is 62.1 Å². The predicted octanol–water partition coefficient (Wildman–Crippen LogP) is 12.5. The number of para-hydroxylation sites is 1. The fourth-order valence-electron chi connectivity index (χ4n) is 6.64. The van der Waals surface area contributed by atoms with Gasteiger partial charge in [-0.05, 0) is 69.4 Å². The van der Waals surface area contributed by atoms with Crippen molar-refractivity contribution >= 4 is 32.6 Å². The highest BCUT2D eigenvalue weighted by Crippen LogP contribution is 2.40. The Bertz CT molecular complexity index is 3550. The first-order chi connectivity index (χ1) is 31.3. The quantitative estimate of drug-likeness (QED) is 0.175. The Balaban J connectivity index is 1.37. The lowest BCUT2D eigenvalue weighted by Crippen LogP contribution is -2.04. The molecule has 0 aliphatic rings. The minimum atomic E-state index is -0.700. The van der Waals surface area contributed by atoms with Crippen molar-refractivity contribution in [2.24, 2.45) is 0 Å². The molecule has 0 fully saturated rings. The van der Waals surface area contributed by atoms with Gasteiger partial charge in [0.1, 0.15) is 0 Å². The van der Waals surface area contributed by atoms with Gasteiger partial charge in [0, 0.05) is 27.5 Å². The molecule has 2 heterocycles. The zero-order valence-corrected chi connectivity index (χ0v) is 27.8. The zero-order chi connectivity index (χ0) is 45.6. The molecule has 0 radical (unpaired) electrons. The smallest absolute Gasteiger partial charge is 0.166 e. The minimum absolute atomic E-state index is 0.120. The number of benzene rings is 8. The number of aromatic nitrogens is 4. The summed E-state index contributed by atoms with van der Waals surface area (Å²) in [5, 5.41) is 1.69. The zero-order valence-electron chi connectivity index (χ0n) is 39.8. The van der Waals surface area contributed by atoms with Gasteiger partial charge in [-0.3, -0.25) is 0 Å². The van der Waals surface area contributed by atoms with Gasteiger partial charge in [-0.25, -0.2) is 15.0 Å². The van der Waals surface area contributed by atoms with Crippen molar-refractivity contribution in [3.05, 3.63) is 194 Å².